The van der Waals surface area contributed by atoms with Crippen molar-refractivity contribution in [2.45, 2.75) is 49.7 Å². The normalized spacial score (nSPS) is 29.2. The zero-order valence-electron chi connectivity index (χ0n) is 13.6. The standard InChI is InChI=1S/C16H24N4O3/c1-22-16(6-9-23-10-16)15(21)19-7-4-12(5-8-19)14-18-17-11-20(14)13-2-3-13/h11-13H,2-10H2,1H3. The number of aromatic nitrogens is 3. The van der Waals surface area contributed by atoms with Gasteiger partial charge in [0.1, 0.15) is 12.2 Å². The first-order chi connectivity index (χ1) is 11.2. The van der Waals surface area contributed by atoms with Gasteiger partial charge in [0.2, 0.25) is 0 Å². The highest BCUT2D eigenvalue weighted by Crippen LogP contribution is 2.38. The topological polar surface area (TPSA) is 69.5 Å². The van der Waals surface area contributed by atoms with Crippen LogP contribution in [0.1, 0.15) is 49.9 Å². The van der Waals surface area contributed by atoms with E-state index < -0.39 is 5.60 Å². The fourth-order valence-electron chi connectivity index (χ4n) is 3.77. The number of ether oxygens (including phenoxy) is 2. The maximum Gasteiger partial charge on any atom is 0.257 e. The summed E-state index contributed by atoms with van der Waals surface area (Å²) in [5, 5.41) is 8.44. The third-order valence-electron chi connectivity index (χ3n) is 5.45. The average Bonchev–Trinajstić information content (AvgIpc) is 3.14. The summed E-state index contributed by atoms with van der Waals surface area (Å²) < 4.78 is 13.2. The van der Waals surface area contributed by atoms with Crippen molar-refractivity contribution in [1.29, 1.82) is 0 Å². The van der Waals surface area contributed by atoms with E-state index in [9.17, 15) is 4.79 Å². The molecule has 4 rings (SSSR count). The van der Waals surface area contributed by atoms with Crippen LogP contribution in [0.2, 0.25) is 0 Å². The van der Waals surface area contributed by atoms with Gasteiger partial charge in [-0.25, -0.2) is 0 Å². The molecule has 7 nitrogen and oxygen atoms in total. The van der Waals surface area contributed by atoms with E-state index in [1.54, 1.807) is 7.11 Å². The average molecular weight is 320 g/mol. The van der Waals surface area contributed by atoms with Gasteiger partial charge >= 0.3 is 0 Å². The second kappa shape index (κ2) is 5.87. The molecule has 1 saturated carbocycles. The SMILES string of the molecule is COC1(C(=O)N2CCC(c3nncn3C3CC3)CC2)CCOC1. The highest BCUT2D eigenvalue weighted by atomic mass is 16.6. The number of amides is 1. The molecule has 126 valence electrons. The molecule has 3 fully saturated rings. The summed E-state index contributed by atoms with van der Waals surface area (Å²) >= 11 is 0. The molecule has 0 spiro atoms. The highest BCUT2D eigenvalue weighted by molar-refractivity contribution is 5.86. The van der Waals surface area contributed by atoms with E-state index in [2.05, 4.69) is 14.8 Å². The number of likely N-dealkylation sites (tertiary alicyclic amines) is 1. The third-order valence-corrected chi connectivity index (χ3v) is 5.45. The monoisotopic (exact) mass is 320 g/mol. The van der Waals surface area contributed by atoms with Crippen molar-refractivity contribution in [2.75, 3.05) is 33.4 Å². The summed E-state index contributed by atoms with van der Waals surface area (Å²) in [5.74, 6) is 1.59. The minimum Gasteiger partial charge on any atom is -0.378 e. The Balaban J connectivity index is 1.41. The van der Waals surface area contributed by atoms with Crippen LogP contribution in [0.5, 0.6) is 0 Å². The number of piperidine rings is 1. The Labute approximate surface area is 135 Å². The van der Waals surface area contributed by atoms with Gasteiger partial charge in [-0.2, -0.15) is 0 Å². The molecule has 0 radical (unpaired) electrons. The van der Waals surface area contributed by atoms with Gasteiger partial charge < -0.3 is 18.9 Å². The molecular weight excluding hydrogens is 296 g/mol. The summed E-state index contributed by atoms with van der Waals surface area (Å²) in [6.45, 7) is 2.48. The van der Waals surface area contributed by atoms with Crippen LogP contribution in [0, 0.1) is 0 Å². The summed E-state index contributed by atoms with van der Waals surface area (Å²) in [4.78, 5) is 14.8. The van der Waals surface area contributed by atoms with E-state index in [1.165, 1.54) is 12.8 Å². The second-order valence-corrected chi connectivity index (χ2v) is 6.90. The fourth-order valence-corrected chi connectivity index (χ4v) is 3.77. The molecule has 0 N–H and O–H groups in total. The summed E-state index contributed by atoms with van der Waals surface area (Å²) in [5.41, 5.74) is -0.763. The number of hydrogen-bond donors (Lipinski definition) is 0. The van der Waals surface area contributed by atoms with Gasteiger partial charge in [-0.15, -0.1) is 10.2 Å². The first kappa shape index (κ1) is 15.1. The zero-order chi connectivity index (χ0) is 15.9. The molecule has 7 heteroatoms. The largest absolute Gasteiger partial charge is 0.378 e. The molecular formula is C16H24N4O3. The van der Waals surface area contributed by atoms with E-state index in [-0.39, 0.29) is 5.91 Å². The highest BCUT2D eigenvalue weighted by Gasteiger charge is 2.46. The van der Waals surface area contributed by atoms with Crippen molar-refractivity contribution in [3.8, 4) is 0 Å². The van der Waals surface area contributed by atoms with Crippen LogP contribution in [0.25, 0.3) is 0 Å². The first-order valence-electron chi connectivity index (χ1n) is 8.55. The summed E-state index contributed by atoms with van der Waals surface area (Å²) in [6.07, 6.45) is 6.87. The maximum absolute atomic E-state index is 12.8. The predicted molar refractivity (Wildman–Crippen MR) is 82.0 cm³/mol. The molecule has 1 aromatic heterocycles. The molecule has 1 aliphatic carbocycles. The third kappa shape index (κ3) is 2.65. The van der Waals surface area contributed by atoms with Crippen molar-refractivity contribution in [2.24, 2.45) is 0 Å². The van der Waals surface area contributed by atoms with Crippen LogP contribution in [0.15, 0.2) is 6.33 Å². The first-order valence-corrected chi connectivity index (χ1v) is 8.55. The number of rotatable bonds is 4. The van der Waals surface area contributed by atoms with E-state index in [4.69, 9.17) is 9.47 Å². The van der Waals surface area contributed by atoms with Crippen LogP contribution in [0.3, 0.4) is 0 Å². The Kier molecular flexibility index (Phi) is 3.85. The minimum atomic E-state index is -0.763. The molecule has 2 saturated heterocycles. The molecule has 1 amide bonds. The predicted octanol–water partition coefficient (Wildman–Crippen LogP) is 1.12. The molecule has 2 aliphatic heterocycles. The van der Waals surface area contributed by atoms with Crippen molar-refractivity contribution >= 4 is 5.91 Å². The van der Waals surface area contributed by atoms with Crippen LogP contribution >= 0.6 is 0 Å². The van der Waals surface area contributed by atoms with Gasteiger partial charge in [-0.3, -0.25) is 4.79 Å². The van der Waals surface area contributed by atoms with E-state index in [0.29, 0.717) is 31.6 Å². The Morgan fingerprint density at radius 2 is 2.13 bits per heavy atom. The molecule has 23 heavy (non-hydrogen) atoms. The lowest BCUT2D eigenvalue weighted by Crippen LogP contribution is -2.52. The lowest BCUT2D eigenvalue weighted by molar-refractivity contribution is -0.156. The van der Waals surface area contributed by atoms with E-state index in [0.717, 1.165) is 31.8 Å². The zero-order valence-corrected chi connectivity index (χ0v) is 13.6. The van der Waals surface area contributed by atoms with Gasteiger partial charge in [-0.05, 0) is 25.7 Å². The molecule has 1 atom stereocenters. The Hall–Kier alpha value is -1.47. The summed E-state index contributed by atoms with van der Waals surface area (Å²) in [7, 11) is 1.61. The maximum atomic E-state index is 12.8. The molecule has 3 aliphatic rings. The van der Waals surface area contributed by atoms with E-state index >= 15 is 0 Å². The number of nitrogens with zero attached hydrogens (tertiary/aromatic N) is 4. The van der Waals surface area contributed by atoms with Crippen LogP contribution in [0.4, 0.5) is 0 Å². The van der Waals surface area contributed by atoms with E-state index in [1.807, 2.05) is 11.2 Å². The quantitative estimate of drug-likeness (QED) is 0.831. The van der Waals surface area contributed by atoms with Crippen molar-refractivity contribution in [3.05, 3.63) is 12.2 Å². The number of carbonyl (C=O) groups is 1. The Morgan fingerprint density at radius 1 is 1.35 bits per heavy atom. The van der Waals surface area contributed by atoms with Gasteiger partial charge in [0, 0.05) is 38.6 Å². The van der Waals surface area contributed by atoms with Gasteiger partial charge in [-0.1, -0.05) is 0 Å². The van der Waals surface area contributed by atoms with Gasteiger partial charge in [0.05, 0.1) is 13.2 Å². The van der Waals surface area contributed by atoms with Gasteiger partial charge in [0.25, 0.3) is 5.91 Å². The second-order valence-electron chi connectivity index (χ2n) is 6.90. The lowest BCUT2D eigenvalue weighted by atomic mass is 9.93. The van der Waals surface area contributed by atoms with Crippen molar-refractivity contribution in [1.82, 2.24) is 19.7 Å². The lowest BCUT2D eigenvalue weighted by Gasteiger charge is -2.36. The van der Waals surface area contributed by atoms with Crippen LogP contribution in [-0.4, -0.2) is 64.6 Å². The summed E-state index contributed by atoms with van der Waals surface area (Å²) in [6, 6.07) is 0.604. The molecule has 0 aromatic carbocycles. The van der Waals surface area contributed by atoms with Crippen LogP contribution < -0.4 is 0 Å². The number of hydrogen-bond acceptors (Lipinski definition) is 5. The Bertz CT molecular complexity index is 570. The van der Waals surface area contributed by atoms with Gasteiger partial charge in [0.15, 0.2) is 5.60 Å². The number of carbonyl (C=O) groups excluding carboxylic acids is 1. The molecule has 1 unspecified atom stereocenters. The molecule has 0 bridgehead atoms. The smallest absolute Gasteiger partial charge is 0.257 e. The van der Waals surface area contributed by atoms with Crippen molar-refractivity contribution < 1.29 is 14.3 Å². The molecule has 1 aromatic rings. The van der Waals surface area contributed by atoms with Crippen LogP contribution in [-0.2, 0) is 14.3 Å². The van der Waals surface area contributed by atoms with Crippen molar-refractivity contribution in [3.63, 3.8) is 0 Å². The fraction of sp³-hybridized carbons (Fsp3) is 0.812. The number of methoxy groups -OCH3 is 1. The minimum absolute atomic E-state index is 0.0830. The molecule has 3 heterocycles. The Morgan fingerprint density at radius 3 is 2.74 bits per heavy atom.